The third-order valence-electron chi connectivity index (χ3n) is 4.46. The molecule has 0 spiro atoms. The zero-order valence-corrected chi connectivity index (χ0v) is 13.6. The van der Waals surface area contributed by atoms with E-state index in [0.29, 0.717) is 24.4 Å². The summed E-state index contributed by atoms with van der Waals surface area (Å²) in [4.78, 5) is 0.357. The van der Waals surface area contributed by atoms with Gasteiger partial charge in [0.1, 0.15) is 0 Å². The van der Waals surface area contributed by atoms with E-state index in [1.54, 1.807) is 16.4 Å². The minimum atomic E-state index is -3.44. The smallest absolute Gasteiger partial charge is 0.243 e. The first-order valence-corrected chi connectivity index (χ1v) is 9.04. The van der Waals surface area contributed by atoms with Crippen LogP contribution in [0.5, 0.6) is 0 Å². The van der Waals surface area contributed by atoms with E-state index in [9.17, 15) is 13.5 Å². The molecule has 0 unspecified atom stereocenters. The molecule has 22 heavy (non-hydrogen) atoms. The van der Waals surface area contributed by atoms with Gasteiger partial charge in [-0.05, 0) is 49.5 Å². The van der Waals surface area contributed by atoms with Crippen molar-refractivity contribution in [3.05, 3.63) is 52.6 Å². The van der Waals surface area contributed by atoms with Gasteiger partial charge in [-0.15, -0.1) is 0 Å². The lowest BCUT2D eigenvalue weighted by Gasteiger charge is -2.32. The number of benzene rings is 1. The minimum absolute atomic E-state index is 0.0452. The maximum absolute atomic E-state index is 12.8. The lowest BCUT2D eigenvalue weighted by molar-refractivity contribution is 0.327. The molecule has 0 radical (unpaired) electrons. The molecular formula is C17H21NO3S. The molecule has 0 fully saturated rings. The van der Waals surface area contributed by atoms with E-state index in [-0.39, 0.29) is 6.61 Å². The second-order valence-electron chi connectivity index (χ2n) is 5.91. The summed E-state index contributed by atoms with van der Waals surface area (Å²) in [5.74, 6) is 0. The van der Waals surface area contributed by atoms with Crippen molar-refractivity contribution in [3.8, 4) is 0 Å². The first-order valence-electron chi connectivity index (χ1n) is 7.60. The van der Waals surface area contributed by atoms with Crippen molar-refractivity contribution < 1.29 is 13.5 Å². The van der Waals surface area contributed by atoms with Gasteiger partial charge in [0.05, 0.1) is 11.5 Å². The van der Waals surface area contributed by atoms with Crippen molar-refractivity contribution in [2.75, 3.05) is 19.7 Å². The number of sulfonamides is 1. The Balaban J connectivity index is 1.87. The number of aryl methyl sites for hydroxylation is 1. The Labute approximate surface area is 131 Å². The molecule has 1 aliphatic carbocycles. The second-order valence-corrected chi connectivity index (χ2v) is 7.85. The van der Waals surface area contributed by atoms with Gasteiger partial charge in [-0.25, -0.2) is 8.42 Å². The lowest BCUT2D eigenvalue weighted by atomic mass is 9.87. The fraction of sp³-hybridized carbons (Fsp3) is 0.412. The molecule has 0 saturated heterocycles. The molecular weight excluding hydrogens is 298 g/mol. The normalized spacial score (nSPS) is 19.8. The van der Waals surface area contributed by atoms with Crippen molar-refractivity contribution in [3.63, 3.8) is 0 Å². The fourth-order valence-electron chi connectivity index (χ4n) is 3.19. The summed E-state index contributed by atoms with van der Waals surface area (Å²) < 4.78 is 27.1. The summed E-state index contributed by atoms with van der Waals surface area (Å²) in [5.41, 5.74) is 4.36. The molecule has 0 atom stereocenters. The largest absolute Gasteiger partial charge is 0.392 e. The zero-order valence-electron chi connectivity index (χ0n) is 12.7. The van der Waals surface area contributed by atoms with Crippen LogP contribution in [0.15, 0.2) is 52.0 Å². The van der Waals surface area contributed by atoms with Crippen molar-refractivity contribution >= 4 is 10.0 Å². The molecule has 1 aromatic rings. The van der Waals surface area contributed by atoms with Crippen LogP contribution in [-0.4, -0.2) is 37.5 Å². The van der Waals surface area contributed by atoms with E-state index in [4.69, 9.17) is 0 Å². The molecule has 1 aliphatic heterocycles. The minimum Gasteiger partial charge on any atom is -0.392 e. The molecule has 0 aromatic heterocycles. The molecule has 5 heteroatoms. The number of hydrogen-bond acceptors (Lipinski definition) is 3. The van der Waals surface area contributed by atoms with Gasteiger partial charge in [0.25, 0.3) is 0 Å². The third-order valence-corrected chi connectivity index (χ3v) is 6.32. The maximum atomic E-state index is 12.8. The molecule has 0 saturated carbocycles. The van der Waals surface area contributed by atoms with Crippen LogP contribution in [0.2, 0.25) is 0 Å². The highest BCUT2D eigenvalue weighted by Crippen LogP contribution is 2.33. The van der Waals surface area contributed by atoms with Crippen LogP contribution in [-0.2, 0) is 10.0 Å². The van der Waals surface area contributed by atoms with Crippen LogP contribution in [0.4, 0.5) is 0 Å². The Morgan fingerprint density at radius 3 is 2.59 bits per heavy atom. The van der Waals surface area contributed by atoms with E-state index in [2.05, 4.69) is 6.08 Å². The monoisotopic (exact) mass is 319 g/mol. The predicted octanol–water partition coefficient (Wildman–Crippen LogP) is 2.40. The molecule has 2 aliphatic rings. The SMILES string of the molecule is Cc1ccc(S(=O)(=O)N2CCC3=C(CCC=C3CO)C2)cc1. The van der Waals surface area contributed by atoms with Crippen molar-refractivity contribution in [2.24, 2.45) is 0 Å². The molecule has 3 rings (SSSR count). The number of rotatable bonds is 3. The van der Waals surface area contributed by atoms with Gasteiger partial charge < -0.3 is 5.11 Å². The average Bonchev–Trinajstić information content (AvgIpc) is 2.54. The van der Waals surface area contributed by atoms with Crippen LogP contribution in [0.1, 0.15) is 24.8 Å². The second kappa shape index (κ2) is 5.99. The van der Waals surface area contributed by atoms with Crippen molar-refractivity contribution in [1.82, 2.24) is 4.31 Å². The average molecular weight is 319 g/mol. The molecule has 118 valence electrons. The Kier molecular flexibility index (Phi) is 4.21. The van der Waals surface area contributed by atoms with Crippen molar-refractivity contribution in [2.45, 2.75) is 31.1 Å². The highest BCUT2D eigenvalue weighted by molar-refractivity contribution is 7.89. The first-order chi connectivity index (χ1) is 10.5. The van der Waals surface area contributed by atoms with E-state index >= 15 is 0 Å². The van der Waals surface area contributed by atoms with Gasteiger partial charge in [0.15, 0.2) is 0 Å². The summed E-state index contributed by atoms with van der Waals surface area (Å²) >= 11 is 0. The molecule has 0 bridgehead atoms. The Morgan fingerprint density at radius 2 is 1.91 bits per heavy atom. The number of aliphatic hydroxyl groups is 1. The van der Waals surface area contributed by atoms with Crippen LogP contribution < -0.4 is 0 Å². The summed E-state index contributed by atoms with van der Waals surface area (Å²) in [5, 5.41) is 9.43. The number of allylic oxidation sites excluding steroid dienone is 1. The molecule has 0 amide bonds. The zero-order chi connectivity index (χ0) is 15.7. The van der Waals surface area contributed by atoms with Crippen LogP contribution >= 0.6 is 0 Å². The summed E-state index contributed by atoms with van der Waals surface area (Å²) in [6, 6.07) is 7.01. The topological polar surface area (TPSA) is 57.6 Å². The fourth-order valence-corrected chi connectivity index (χ4v) is 4.62. The van der Waals surface area contributed by atoms with Gasteiger partial charge in [-0.3, -0.25) is 0 Å². The lowest BCUT2D eigenvalue weighted by Crippen LogP contribution is -2.38. The van der Waals surface area contributed by atoms with Gasteiger partial charge in [-0.2, -0.15) is 4.31 Å². The highest BCUT2D eigenvalue weighted by Gasteiger charge is 2.30. The molecule has 1 heterocycles. The maximum Gasteiger partial charge on any atom is 0.243 e. The Hall–Kier alpha value is -1.43. The van der Waals surface area contributed by atoms with Crippen LogP contribution in [0, 0.1) is 6.92 Å². The first kappa shape index (κ1) is 15.5. The molecule has 1 N–H and O–H groups in total. The van der Waals surface area contributed by atoms with Gasteiger partial charge in [0, 0.05) is 13.1 Å². The number of aliphatic hydroxyl groups excluding tert-OH is 1. The standard InChI is InChI=1S/C17H21NO3S/c1-13-5-7-16(8-6-13)22(20,21)18-10-9-17-14(11-18)3-2-4-15(17)12-19/h4-8,19H,2-3,9-12H2,1H3. The predicted molar refractivity (Wildman–Crippen MR) is 86.0 cm³/mol. The molecule has 1 aromatic carbocycles. The summed E-state index contributed by atoms with van der Waals surface area (Å²) in [6.45, 7) is 2.91. The van der Waals surface area contributed by atoms with Gasteiger partial charge >= 0.3 is 0 Å². The number of nitrogens with zero attached hydrogens (tertiary/aromatic N) is 1. The number of hydrogen-bond donors (Lipinski definition) is 1. The summed E-state index contributed by atoms with van der Waals surface area (Å²) in [7, 11) is -3.44. The summed E-state index contributed by atoms with van der Waals surface area (Å²) in [6.07, 6.45) is 4.53. The van der Waals surface area contributed by atoms with E-state index in [1.807, 2.05) is 19.1 Å². The van der Waals surface area contributed by atoms with Gasteiger partial charge in [-0.1, -0.05) is 29.3 Å². The van der Waals surface area contributed by atoms with Crippen molar-refractivity contribution in [1.29, 1.82) is 0 Å². The Morgan fingerprint density at radius 1 is 1.18 bits per heavy atom. The van der Waals surface area contributed by atoms with Gasteiger partial charge in [0.2, 0.25) is 10.0 Å². The molecule has 4 nitrogen and oxygen atoms in total. The third kappa shape index (κ3) is 2.76. The van der Waals surface area contributed by atoms with E-state index in [1.165, 1.54) is 5.57 Å². The van der Waals surface area contributed by atoms with E-state index in [0.717, 1.165) is 29.6 Å². The Bertz CT molecular complexity index is 730. The van der Waals surface area contributed by atoms with Crippen LogP contribution in [0.3, 0.4) is 0 Å². The van der Waals surface area contributed by atoms with E-state index < -0.39 is 10.0 Å². The van der Waals surface area contributed by atoms with Crippen LogP contribution in [0.25, 0.3) is 0 Å². The highest BCUT2D eigenvalue weighted by atomic mass is 32.2. The quantitative estimate of drug-likeness (QED) is 0.931.